The highest BCUT2D eigenvalue weighted by atomic mass is 35.5. The van der Waals surface area contributed by atoms with E-state index in [-0.39, 0.29) is 17.9 Å². The molecule has 1 fully saturated rings. The summed E-state index contributed by atoms with van der Waals surface area (Å²) in [5.41, 5.74) is 1.39. The van der Waals surface area contributed by atoms with Crippen LogP contribution in [0.25, 0.3) is 0 Å². The van der Waals surface area contributed by atoms with Crippen molar-refractivity contribution >= 4 is 29.1 Å². The van der Waals surface area contributed by atoms with Crippen LogP contribution in [0.15, 0.2) is 42.5 Å². The van der Waals surface area contributed by atoms with Crippen LogP contribution in [0.4, 0.5) is 5.69 Å². The first-order chi connectivity index (χ1) is 13.5. The van der Waals surface area contributed by atoms with Crippen LogP contribution >= 0.6 is 11.6 Å². The molecule has 2 atom stereocenters. The van der Waals surface area contributed by atoms with E-state index in [0.29, 0.717) is 35.1 Å². The summed E-state index contributed by atoms with van der Waals surface area (Å²) in [5.74, 6) is 0.360. The number of benzene rings is 2. The number of carbonyl (C=O) groups is 2. The lowest BCUT2D eigenvalue weighted by Gasteiger charge is -2.38. The zero-order valence-corrected chi connectivity index (χ0v) is 16.8. The number of carbonyl (C=O) groups excluding carboxylic acids is 2. The van der Waals surface area contributed by atoms with Crippen molar-refractivity contribution in [3.63, 3.8) is 0 Å². The molecule has 1 aliphatic heterocycles. The fourth-order valence-corrected chi connectivity index (χ4v) is 3.84. The highest BCUT2D eigenvalue weighted by Gasteiger charge is 2.39. The monoisotopic (exact) mass is 402 g/mol. The first kappa shape index (κ1) is 20.0. The average Bonchev–Trinajstić information content (AvgIpc) is 2.70. The van der Waals surface area contributed by atoms with E-state index < -0.39 is 5.92 Å². The Morgan fingerprint density at radius 1 is 1.14 bits per heavy atom. The normalized spacial score (nSPS) is 19.3. The van der Waals surface area contributed by atoms with Crippen molar-refractivity contribution in [1.82, 2.24) is 4.90 Å². The number of methoxy groups -OCH3 is 2. The molecule has 1 heterocycles. The summed E-state index contributed by atoms with van der Waals surface area (Å²) in [5, 5.41) is 3.29. The molecule has 0 aliphatic carbocycles. The molecule has 0 spiro atoms. The van der Waals surface area contributed by atoms with Crippen LogP contribution in [-0.4, -0.2) is 38.0 Å². The van der Waals surface area contributed by atoms with Crippen molar-refractivity contribution in [1.29, 1.82) is 0 Å². The lowest BCUT2D eigenvalue weighted by molar-refractivity contribution is -0.140. The van der Waals surface area contributed by atoms with E-state index in [1.807, 2.05) is 30.3 Å². The number of hydrogen-bond donors (Lipinski definition) is 1. The smallest absolute Gasteiger partial charge is 0.230 e. The number of likely N-dealkylation sites (tertiary alicyclic amines) is 1. The van der Waals surface area contributed by atoms with Crippen molar-refractivity contribution in [2.45, 2.75) is 18.9 Å². The van der Waals surface area contributed by atoms with E-state index in [1.165, 1.54) is 14.2 Å². The van der Waals surface area contributed by atoms with Gasteiger partial charge in [0.25, 0.3) is 0 Å². The number of piperidine rings is 1. The van der Waals surface area contributed by atoms with Gasteiger partial charge in [0.05, 0.1) is 36.9 Å². The van der Waals surface area contributed by atoms with Crippen molar-refractivity contribution < 1.29 is 19.1 Å². The molecule has 2 aromatic carbocycles. The minimum atomic E-state index is -0.393. The number of hydrogen-bond acceptors (Lipinski definition) is 4. The third-order valence-electron chi connectivity index (χ3n) is 5.07. The molecule has 2 amide bonds. The minimum absolute atomic E-state index is 0.0305. The van der Waals surface area contributed by atoms with Crippen LogP contribution in [0.2, 0.25) is 5.02 Å². The van der Waals surface area contributed by atoms with E-state index in [4.69, 9.17) is 21.1 Å². The molecule has 2 aromatic rings. The number of anilines is 1. The molecule has 0 saturated carbocycles. The summed E-state index contributed by atoms with van der Waals surface area (Å²) >= 11 is 6.21. The SMILES string of the molecule is COc1cc(OC)c(NC(=O)[C@@H]2CCC(=O)N(C)[C@H]2c2ccccc2)cc1Cl. The molecular weight excluding hydrogens is 380 g/mol. The standard InChI is InChI=1S/C21H23ClN2O4/c1-24-19(25)10-9-14(20(24)13-7-5-4-6-8-13)21(26)23-16-11-15(22)17(27-2)12-18(16)28-3/h4-8,11-12,14,20H,9-10H2,1-3H3,(H,23,26)/t14-,20+/m1/s1. The Bertz CT molecular complexity index is 872. The average molecular weight is 403 g/mol. The molecule has 0 radical (unpaired) electrons. The highest BCUT2D eigenvalue weighted by Crippen LogP contribution is 2.39. The van der Waals surface area contributed by atoms with Crippen molar-refractivity contribution in [2.75, 3.05) is 26.6 Å². The number of ether oxygens (including phenoxy) is 2. The van der Waals surface area contributed by atoms with Gasteiger partial charge in [0.1, 0.15) is 11.5 Å². The Balaban J connectivity index is 1.90. The van der Waals surface area contributed by atoms with Crippen molar-refractivity contribution in [3.8, 4) is 11.5 Å². The third kappa shape index (κ3) is 3.92. The molecular formula is C21H23ClN2O4. The number of rotatable bonds is 5. The Morgan fingerprint density at radius 3 is 2.46 bits per heavy atom. The van der Waals surface area contributed by atoms with Gasteiger partial charge in [0.15, 0.2) is 0 Å². The fourth-order valence-electron chi connectivity index (χ4n) is 3.60. The summed E-state index contributed by atoms with van der Waals surface area (Å²) in [4.78, 5) is 27.1. The predicted octanol–water partition coefficient (Wildman–Crippen LogP) is 3.91. The molecule has 0 aromatic heterocycles. The Kier molecular flexibility index (Phi) is 6.09. The maximum Gasteiger partial charge on any atom is 0.230 e. The molecule has 28 heavy (non-hydrogen) atoms. The van der Waals surface area contributed by atoms with Gasteiger partial charge in [0, 0.05) is 19.5 Å². The Hall–Kier alpha value is -2.73. The fraction of sp³-hybridized carbons (Fsp3) is 0.333. The molecule has 6 nitrogen and oxygen atoms in total. The van der Waals surface area contributed by atoms with E-state index in [1.54, 1.807) is 24.1 Å². The van der Waals surface area contributed by atoms with Crippen LogP contribution in [0.5, 0.6) is 11.5 Å². The van der Waals surface area contributed by atoms with Gasteiger partial charge in [0.2, 0.25) is 11.8 Å². The van der Waals surface area contributed by atoms with Crippen molar-refractivity contribution in [3.05, 3.63) is 53.1 Å². The summed E-state index contributed by atoms with van der Waals surface area (Å²) < 4.78 is 10.6. The Morgan fingerprint density at radius 2 is 1.82 bits per heavy atom. The van der Waals surface area contributed by atoms with Crippen LogP contribution in [0.3, 0.4) is 0 Å². The maximum atomic E-state index is 13.2. The second-order valence-electron chi connectivity index (χ2n) is 6.68. The zero-order valence-electron chi connectivity index (χ0n) is 16.1. The maximum absolute atomic E-state index is 13.2. The molecule has 1 saturated heterocycles. The van der Waals surface area contributed by atoms with Crippen LogP contribution in [0, 0.1) is 5.92 Å². The molecule has 3 rings (SSSR count). The second kappa shape index (κ2) is 8.52. The first-order valence-corrected chi connectivity index (χ1v) is 9.37. The largest absolute Gasteiger partial charge is 0.495 e. The van der Waals surface area contributed by atoms with Gasteiger partial charge in [-0.05, 0) is 18.1 Å². The second-order valence-corrected chi connectivity index (χ2v) is 7.09. The lowest BCUT2D eigenvalue weighted by Crippen LogP contribution is -2.44. The van der Waals surface area contributed by atoms with Crippen LogP contribution < -0.4 is 14.8 Å². The zero-order chi connectivity index (χ0) is 20.3. The van der Waals surface area contributed by atoms with Gasteiger partial charge >= 0.3 is 0 Å². The summed E-state index contributed by atoms with van der Waals surface area (Å²) in [6.45, 7) is 0. The summed E-state index contributed by atoms with van der Waals surface area (Å²) in [7, 11) is 4.76. The third-order valence-corrected chi connectivity index (χ3v) is 5.37. The molecule has 1 aliphatic rings. The first-order valence-electron chi connectivity index (χ1n) is 8.99. The van der Waals surface area contributed by atoms with Crippen molar-refractivity contribution in [2.24, 2.45) is 5.92 Å². The van der Waals surface area contributed by atoms with Gasteiger partial charge in [-0.2, -0.15) is 0 Å². The highest BCUT2D eigenvalue weighted by molar-refractivity contribution is 6.32. The predicted molar refractivity (Wildman–Crippen MR) is 108 cm³/mol. The van der Waals surface area contributed by atoms with E-state index in [0.717, 1.165) is 5.56 Å². The molecule has 148 valence electrons. The van der Waals surface area contributed by atoms with Crippen LogP contribution in [0.1, 0.15) is 24.4 Å². The number of nitrogens with one attached hydrogen (secondary N) is 1. The van der Waals surface area contributed by atoms with Gasteiger partial charge in [-0.15, -0.1) is 0 Å². The summed E-state index contributed by atoms with van der Waals surface area (Å²) in [6, 6.07) is 12.5. The molecule has 7 heteroatoms. The van der Waals surface area contributed by atoms with E-state index in [2.05, 4.69) is 5.32 Å². The van der Waals surface area contributed by atoms with E-state index >= 15 is 0 Å². The van der Waals surface area contributed by atoms with Gasteiger partial charge in [-0.25, -0.2) is 0 Å². The van der Waals surface area contributed by atoms with Gasteiger partial charge in [-0.3, -0.25) is 9.59 Å². The Labute approximate surface area is 169 Å². The summed E-state index contributed by atoms with van der Waals surface area (Å²) in [6.07, 6.45) is 0.805. The van der Waals surface area contributed by atoms with Gasteiger partial charge < -0.3 is 19.7 Å². The number of nitrogens with zero attached hydrogens (tertiary/aromatic N) is 1. The molecule has 0 unspecified atom stereocenters. The minimum Gasteiger partial charge on any atom is -0.495 e. The van der Waals surface area contributed by atoms with Crippen LogP contribution in [-0.2, 0) is 9.59 Å². The van der Waals surface area contributed by atoms with E-state index in [9.17, 15) is 9.59 Å². The number of halogens is 1. The quantitative estimate of drug-likeness (QED) is 0.823. The number of amides is 2. The van der Waals surface area contributed by atoms with Gasteiger partial charge in [-0.1, -0.05) is 41.9 Å². The molecule has 0 bridgehead atoms. The topological polar surface area (TPSA) is 67.9 Å². The molecule has 1 N–H and O–H groups in total. The lowest BCUT2D eigenvalue weighted by atomic mass is 9.84.